The van der Waals surface area contributed by atoms with E-state index in [0.717, 1.165) is 23.8 Å². The molecule has 2 aromatic rings. The molecule has 4 heteroatoms. The van der Waals surface area contributed by atoms with Crippen molar-refractivity contribution in [2.24, 2.45) is 0 Å². The summed E-state index contributed by atoms with van der Waals surface area (Å²) in [7, 11) is 0. The Kier molecular flexibility index (Phi) is 2.31. The van der Waals surface area contributed by atoms with Gasteiger partial charge in [-0.2, -0.15) is 11.3 Å². The summed E-state index contributed by atoms with van der Waals surface area (Å²) in [6.07, 6.45) is 1.86. The van der Waals surface area contributed by atoms with Gasteiger partial charge in [0.15, 0.2) is 0 Å². The number of aromatic amines is 1. The van der Waals surface area contributed by atoms with E-state index in [2.05, 4.69) is 32.1 Å². The number of rotatable bonds is 3. The Labute approximate surface area is 80.8 Å². The van der Waals surface area contributed by atoms with Crippen molar-refractivity contribution in [1.82, 2.24) is 9.97 Å². The van der Waals surface area contributed by atoms with Crippen LogP contribution in [0.25, 0.3) is 0 Å². The van der Waals surface area contributed by atoms with Crippen LogP contribution in [0.3, 0.4) is 0 Å². The predicted molar refractivity (Wildman–Crippen MR) is 55.0 cm³/mol. The van der Waals surface area contributed by atoms with Gasteiger partial charge in [0, 0.05) is 11.1 Å². The Morgan fingerprint density at radius 1 is 1.62 bits per heavy atom. The molecule has 0 aromatic carbocycles. The van der Waals surface area contributed by atoms with E-state index in [1.807, 2.05) is 13.1 Å². The Morgan fingerprint density at radius 2 is 2.54 bits per heavy atom. The first-order valence-electron chi connectivity index (χ1n) is 4.11. The number of thiophene rings is 1. The molecule has 0 bridgehead atoms. The fraction of sp³-hybridized carbons (Fsp3) is 0.222. The third kappa shape index (κ3) is 2.09. The van der Waals surface area contributed by atoms with Gasteiger partial charge in [-0.25, -0.2) is 4.98 Å². The number of anilines is 1. The highest BCUT2D eigenvalue weighted by atomic mass is 32.1. The quantitative estimate of drug-likeness (QED) is 0.785. The minimum Gasteiger partial charge on any atom is -0.379 e. The fourth-order valence-electron chi connectivity index (χ4n) is 1.12. The molecule has 0 fully saturated rings. The number of imidazole rings is 1. The van der Waals surface area contributed by atoms with Gasteiger partial charge in [0.1, 0.15) is 5.82 Å². The van der Waals surface area contributed by atoms with Gasteiger partial charge in [0.2, 0.25) is 0 Å². The first kappa shape index (κ1) is 8.31. The van der Waals surface area contributed by atoms with Crippen molar-refractivity contribution < 1.29 is 0 Å². The molecular weight excluding hydrogens is 182 g/mol. The van der Waals surface area contributed by atoms with Crippen LogP contribution >= 0.6 is 11.3 Å². The second-order valence-electron chi connectivity index (χ2n) is 2.86. The van der Waals surface area contributed by atoms with Crippen molar-refractivity contribution in [2.75, 3.05) is 5.32 Å². The standard InChI is InChI=1S/C9H11N3S/c1-7-10-4-9(12-7)5-11-8-2-3-13-6-8/h2-4,6,11H,5H2,1H3,(H,10,12). The van der Waals surface area contributed by atoms with Gasteiger partial charge in [0.05, 0.1) is 18.4 Å². The van der Waals surface area contributed by atoms with Gasteiger partial charge in [-0.1, -0.05) is 0 Å². The topological polar surface area (TPSA) is 40.7 Å². The number of hydrogen-bond donors (Lipinski definition) is 2. The molecule has 0 amide bonds. The summed E-state index contributed by atoms with van der Waals surface area (Å²) in [6, 6.07) is 2.06. The van der Waals surface area contributed by atoms with E-state index in [1.165, 1.54) is 0 Å². The molecule has 3 nitrogen and oxygen atoms in total. The molecule has 68 valence electrons. The maximum atomic E-state index is 4.12. The second-order valence-corrected chi connectivity index (χ2v) is 3.64. The highest BCUT2D eigenvalue weighted by molar-refractivity contribution is 7.08. The first-order valence-corrected chi connectivity index (χ1v) is 5.05. The van der Waals surface area contributed by atoms with Crippen molar-refractivity contribution in [3.8, 4) is 0 Å². The Hall–Kier alpha value is -1.29. The lowest BCUT2D eigenvalue weighted by Crippen LogP contribution is -1.98. The molecule has 0 saturated carbocycles. The van der Waals surface area contributed by atoms with E-state index in [4.69, 9.17) is 0 Å². The monoisotopic (exact) mass is 193 g/mol. The van der Waals surface area contributed by atoms with Gasteiger partial charge in [-0.05, 0) is 18.4 Å². The number of aryl methyl sites for hydroxylation is 1. The van der Waals surface area contributed by atoms with Crippen molar-refractivity contribution in [3.63, 3.8) is 0 Å². The molecule has 2 heterocycles. The zero-order valence-electron chi connectivity index (χ0n) is 7.37. The fourth-order valence-corrected chi connectivity index (χ4v) is 1.74. The lowest BCUT2D eigenvalue weighted by Gasteiger charge is -1.99. The smallest absolute Gasteiger partial charge is 0.103 e. The molecule has 0 atom stereocenters. The second kappa shape index (κ2) is 3.62. The van der Waals surface area contributed by atoms with Crippen molar-refractivity contribution in [2.45, 2.75) is 13.5 Å². The summed E-state index contributed by atoms with van der Waals surface area (Å²) in [4.78, 5) is 7.29. The van der Waals surface area contributed by atoms with Gasteiger partial charge in [-0.3, -0.25) is 0 Å². The Bertz CT molecular complexity index is 364. The summed E-state index contributed by atoms with van der Waals surface area (Å²) in [6.45, 7) is 2.76. The third-order valence-electron chi connectivity index (χ3n) is 1.76. The van der Waals surface area contributed by atoms with Crippen LogP contribution in [0, 0.1) is 6.92 Å². The van der Waals surface area contributed by atoms with Crippen LogP contribution in [-0.4, -0.2) is 9.97 Å². The highest BCUT2D eigenvalue weighted by Crippen LogP contribution is 2.12. The van der Waals surface area contributed by atoms with E-state index in [0.29, 0.717) is 0 Å². The molecule has 0 spiro atoms. The van der Waals surface area contributed by atoms with Crippen molar-refractivity contribution >= 4 is 17.0 Å². The normalized spacial score (nSPS) is 10.2. The molecule has 0 saturated heterocycles. The molecule has 0 aliphatic heterocycles. The molecule has 0 radical (unpaired) electrons. The molecular formula is C9H11N3S. The predicted octanol–water partition coefficient (Wildman–Crippen LogP) is 2.39. The zero-order valence-corrected chi connectivity index (χ0v) is 8.19. The van der Waals surface area contributed by atoms with Gasteiger partial charge in [0.25, 0.3) is 0 Å². The van der Waals surface area contributed by atoms with Crippen LogP contribution < -0.4 is 5.32 Å². The molecule has 2 N–H and O–H groups in total. The van der Waals surface area contributed by atoms with E-state index >= 15 is 0 Å². The third-order valence-corrected chi connectivity index (χ3v) is 2.44. The average Bonchev–Trinajstić information content (AvgIpc) is 2.71. The first-order chi connectivity index (χ1) is 6.34. The SMILES string of the molecule is Cc1ncc(CNc2ccsc2)[nH]1. The van der Waals surface area contributed by atoms with Gasteiger partial charge >= 0.3 is 0 Å². The van der Waals surface area contributed by atoms with E-state index < -0.39 is 0 Å². The van der Waals surface area contributed by atoms with E-state index in [-0.39, 0.29) is 0 Å². The number of hydrogen-bond acceptors (Lipinski definition) is 3. The minimum atomic E-state index is 0.803. The maximum absolute atomic E-state index is 4.12. The zero-order chi connectivity index (χ0) is 9.10. The van der Waals surface area contributed by atoms with Crippen LogP contribution in [0.1, 0.15) is 11.5 Å². The number of H-pyrrole nitrogens is 1. The Morgan fingerprint density at radius 3 is 3.15 bits per heavy atom. The summed E-state index contributed by atoms with van der Waals surface area (Å²) in [5, 5.41) is 7.44. The maximum Gasteiger partial charge on any atom is 0.103 e. The van der Waals surface area contributed by atoms with Crippen LogP contribution in [0.5, 0.6) is 0 Å². The van der Waals surface area contributed by atoms with Crippen molar-refractivity contribution in [1.29, 1.82) is 0 Å². The molecule has 2 aromatic heterocycles. The number of nitrogens with one attached hydrogen (secondary N) is 2. The lowest BCUT2D eigenvalue weighted by molar-refractivity contribution is 1.05. The summed E-state index contributed by atoms with van der Waals surface area (Å²) >= 11 is 1.69. The van der Waals surface area contributed by atoms with Gasteiger partial charge in [-0.15, -0.1) is 0 Å². The van der Waals surface area contributed by atoms with Crippen LogP contribution in [-0.2, 0) is 6.54 Å². The van der Waals surface area contributed by atoms with E-state index in [9.17, 15) is 0 Å². The summed E-state index contributed by atoms with van der Waals surface area (Å²) in [5.74, 6) is 0.960. The van der Waals surface area contributed by atoms with E-state index in [1.54, 1.807) is 11.3 Å². The number of nitrogens with zero attached hydrogens (tertiary/aromatic N) is 1. The van der Waals surface area contributed by atoms with Gasteiger partial charge < -0.3 is 10.3 Å². The molecule has 2 rings (SSSR count). The highest BCUT2D eigenvalue weighted by Gasteiger charge is 1.96. The lowest BCUT2D eigenvalue weighted by atomic mass is 10.4. The molecule has 0 aliphatic rings. The average molecular weight is 193 g/mol. The number of aromatic nitrogens is 2. The Balaban J connectivity index is 1.93. The van der Waals surface area contributed by atoms with Crippen LogP contribution in [0.4, 0.5) is 5.69 Å². The van der Waals surface area contributed by atoms with Crippen molar-refractivity contribution in [3.05, 3.63) is 34.5 Å². The van der Waals surface area contributed by atoms with Crippen LogP contribution in [0.2, 0.25) is 0 Å². The molecule has 0 unspecified atom stereocenters. The summed E-state index contributed by atoms with van der Waals surface area (Å²) < 4.78 is 0. The minimum absolute atomic E-state index is 0.803. The van der Waals surface area contributed by atoms with Crippen LogP contribution in [0.15, 0.2) is 23.0 Å². The molecule has 13 heavy (non-hydrogen) atoms. The largest absolute Gasteiger partial charge is 0.379 e. The molecule has 0 aliphatic carbocycles. The summed E-state index contributed by atoms with van der Waals surface area (Å²) in [5.41, 5.74) is 2.28.